The highest BCUT2D eigenvalue weighted by Gasteiger charge is 2.12. The maximum absolute atomic E-state index is 4.72. The van der Waals surface area contributed by atoms with E-state index in [1.807, 2.05) is 0 Å². The number of hydrogen-bond acceptors (Lipinski definition) is 1. The summed E-state index contributed by atoms with van der Waals surface area (Å²) in [6, 6.07) is 14.8. The van der Waals surface area contributed by atoms with Gasteiger partial charge in [0.1, 0.15) is 0 Å². The Bertz CT molecular complexity index is 896. The zero-order valence-electron chi connectivity index (χ0n) is 10.4. The summed E-state index contributed by atoms with van der Waals surface area (Å²) in [5, 5.41) is 0. The Hall–Kier alpha value is -2.29. The van der Waals surface area contributed by atoms with Gasteiger partial charge in [0.2, 0.25) is 5.78 Å². The van der Waals surface area contributed by atoms with Gasteiger partial charge in [-0.25, -0.2) is 4.98 Å². The molecule has 0 saturated carbocycles. The van der Waals surface area contributed by atoms with Crippen LogP contribution in [0.2, 0.25) is 0 Å². The van der Waals surface area contributed by atoms with Crippen molar-refractivity contribution in [1.29, 1.82) is 0 Å². The summed E-state index contributed by atoms with van der Waals surface area (Å²) >= 11 is 0. The van der Waals surface area contributed by atoms with Crippen molar-refractivity contribution in [2.45, 2.75) is 6.92 Å². The molecule has 0 saturated heterocycles. The van der Waals surface area contributed by atoms with E-state index >= 15 is 0 Å². The second-order valence-electron chi connectivity index (χ2n) is 4.79. The van der Waals surface area contributed by atoms with Gasteiger partial charge in [-0.05, 0) is 36.8 Å². The third kappa shape index (κ3) is 1.06. The number of para-hydroxylation sites is 2. The molecule has 0 fully saturated rings. The zero-order chi connectivity index (χ0) is 12.3. The fourth-order valence-corrected chi connectivity index (χ4v) is 2.68. The molecule has 0 N–H and O–H groups in total. The van der Waals surface area contributed by atoms with Crippen LogP contribution >= 0.6 is 0 Å². The Kier molecular flexibility index (Phi) is 1.69. The van der Waals surface area contributed by atoms with Crippen LogP contribution in [0.25, 0.3) is 27.8 Å². The largest absolute Gasteiger partial charge is 0.313 e. The van der Waals surface area contributed by atoms with Crippen molar-refractivity contribution in [2.24, 2.45) is 7.05 Å². The molecule has 0 spiro atoms. The van der Waals surface area contributed by atoms with Crippen molar-refractivity contribution in [3.8, 4) is 0 Å². The van der Waals surface area contributed by atoms with Gasteiger partial charge in [-0.3, -0.25) is 4.40 Å². The number of fused-ring (bicyclic) bond motifs is 5. The molecule has 18 heavy (non-hydrogen) atoms. The van der Waals surface area contributed by atoms with Crippen LogP contribution in [-0.4, -0.2) is 14.0 Å². The topological polar surface area (TPSA) is 22.2 Å². The molecule has 0 aliphatic carbocycles. The Labute approximate surface area is 104 Å². The first-order valence-corrected chi connectivity index (χ1v) is 6.08. The van der Waals surface area contributed by atoms with E-state index < -0.39 is 0 Å². The molecular weight excluding hydrogens is 222 g/mol. The molecule has 0 aliphatic heterocycles. The Morgan fingerprint density at radius 2 is 1.72 bits per heavy atom. The van der Waals surface area contributed by atoms with Crippen molar-refractivity contribution in [1.82, 2.24) is 14.0 Å². The predicted molar refractivity (Wildman–Crippen MR) is 73.9 cm³/mol. The van der Waals surface area contributed by atoms with Crippen LogP contribution in [0.3, 0.4) is 0 Å². The summed E-state index contributed by atoms with van der Waals surface area (Å²) in [5.74, 6) is 0.997. The summed E-state index contributed by atoms with van der Waals surface area (Å²) in [6.07, 6.45) is 0. The SMILES string of the molecule is Cc1ccc2nc3n(C)c4ccccc4n3c2c1. The third-order valence-corrected chi connectivity index (χ3v) is 3.58. The number of imidazole rings is 2. The first-order valence-electron chi connectivity index (χ1n) is 6.08. The average molecular weight is 235 g/mol. The minimum atomic E-state index is 0.997. The van der Waals surface area contributed by atoms with E-state index in [1.165, 1.54) is 22.1 Å². The van der Waals surface area contributed by atoms with Crippen LogP contribution in [0, 0.1) is 6.92 Å². The van der Waals surface area contributed by atoms with Crippen LogP contribution in [0.15, 0.2) is 42.5 Å². The van der Waals surface area contributed by atoms with Gasteiger partial charge in [0.15, 0.2) is 0 Å². The third-order valence-electron chi connectivity index (χ3n) is 3.58. The quantitative estimate of drug-likeness (QED) is 0.458. The first kappa shape index (κ1) is 9.71. The standard InChI is InChI=1S/C15H13N3/c1-10-7-8-11-14(9-10)18-13-6-4-3-5-12(13)17(2)15(18)16-11/h3-9H,1-2H3. The average Bonchev–Trinajstić information content (AvgIpc) is 2.87. The Morgan fingerprint density at radius 3 is 2.56 bits per heavy atom. The van der Waals surface area contributed by atoms with Gasteiger partial charge in [-0.15, -0.1) is 0 Å². The molecule has 0 bridgehead atoms. The molecule has 4 aromatic rings. The second-order valence-corrected chi connectivity index (χ2v) is 4.79. The lowest BCUT2D eigenvalue weighted by Crippen LogP contribution is -1.87. The summed E-state index contributed by atoms with van der Waals surface area (Å²) < 4.78 is 4.38. The minimum absolute atomic E-state index is 0.997. The molecule has 88 valence electrons. The molecule has 2 heterocycles. The van der Waals surface area contributed by atoms with E-state index in [0.29, 0.717) is 0 Å². The van der Waals surface area contributed by atoms with E-state index in [2.05, 4.69) is 65.4 Å². The molecular formula is C15H13N3. The van der Waals surface area contributed by atoms with Gasteiger partial charge >= 0.3 is 0 Å². The maximum Gasteiger partial charge on any atom is 0.215 e. The van der Waals surface area contributed by atoms with Crippen molar-refractivity contribution < 1.29 is 0 Å². The Morgan fingerprint density at radius 1 is 0.944 bits per heavy atom. The monoisotopic (exact) mass is 235 g/mol. The lowest BCUT2D eigenvalue weighted by molar-refractivity contribution is 0.973. The van der Waals surface area contributed by atoms with Gasteiger partial charge in [0.05, 0.1) is 22.1 Å². The smallest absolute Gasteiger partial charge is 0.215 e. The normalized spacial score (nSPS) is 11.9. The van der Waals surface area contributed by atoms with Gasteiger partial charge in [0.25, 0.3) is 0 Å². The maximum atomic E-state index is 4.72. The van der Waals surface area contributed by atoms with E-state index in [0.717, 1.165) is 11.3 Å². The van der Waals surface area contributed by atoms with Crippen molar-refractivity contribution in [3.63, 3.8) is 0 Å². The molecule has 4 rings (SSSR count). The summed E-state index contributed by atoms with van der Waals surface area (Å²) in [7, 11) is 2.07. The molecule has 3 nitrogen and oxygen atoms in total. The van der Waals surface area contributed by atoms with Crippen LogP contribution in [-0.2, 0) is 7.05 Å². The molecule has 0 radical (unpaired) electrons. The molecule has 0 atom stereocenters. The molecule has 2 aromatic heterocycles. The second kappa shape index (κ2) is 3.13. The summed E-state index contributed by atoms with van der Waals surface area (Å²) in [6.45, 7) is 2.12. The van der Waals surface area contributed by atoms with Crippen LogP contribution in [0.1, 0.15) is 5.56 Å². The molecule has 0 aliphatic rings. The lowest BCUT2D eigenvalue weighted by atomic mass is 10.2. The van der Waals surface area contributed by atoms with E-state index in [-0.39, 0.29) is 0 Å². The zero-order valence-corrected chi connectivity index (χ0v) is 10.4. The number of hydrogen-bond donors (Lipinski definition) is 0. The van der Waals surface area contributed by atoms with Gasteiger partial charge < -0.3 is 4.57 Å². The Balaban J connectivity index is 2.37. The highest BCUT2D eigenvalue weighted by atomic mass is 15.2. The number of benzene rings is 2. The fourth-order valence-electron chi connectivity index (χ4n) is 2.68. The summed E-state index contributed by atoms with van der Waals surface area (Å²) in [4.78, 5) is 4.72. The number of aryl methyl sites for hydroxylation is 2. The fraction of sp³-hybridized carbons (Fsp3) is 0.133. The van der Waals surface area contributed by atoms with E-state index in [9.17, 15) is 0 Å². The molecule has 0 unspecified atom stereocenters. The molecule has 3 heteroatoms. The van der Waals surface area contributed by atoms with Crippen molar-refractivity contribution in [3.05, 3.63) is 48.0 Å². The molecule has 0 amide bonds. The number of aromatic nitrogens is 3. The van der Waals surface area contributed by atoms with Crippen LogP contribution in [0.5, 0.6) is 0 Å². The van der Waals surface area contributed by atoms with Gasteiger partial charge in [0, 0.05) is 7.05 Å². The van der Waals surface area contributed by atoms with Crippen molar-refractivity contribution >= 4 is 27.8 Å². The first-order chi connectivity index (χ1) is 8.75. The van der Waals surface area contributed by atoms with Crippen molar-refractivity contribution in [2.75, 3.05) is 0 Å². The highest BCUT2D eigenvalue weighted by Crippen LogP contribution is 2.25. The highest BCUT2D eigenvalue weighted by molar-refractivity contribution is 5.90. The summed E-state index contributed by atoms with van der Waals surface area (Å²) in [5.41, 5.74) is 5.92. The lowest BCUT2D eigenvalue weighted by Gasteiger charge is -1.96. The number of rotatable bonds is 0. The van der Waals surface area contributed by atoms with E-state index in [4.69, 9.17) is 4.98 Å². The van der Waals surface area contributed by atoms with Crippen LogP contribution < -0.4 is 0 Å². The van der Waals surface area contributed by atoms with Gasteiger partial charge in [-0.2, -0.15) is 0 Å². The van der Waals surface area contributed by atoms with E-state index in [1.54, 1.807) is 0 Å². The van der Waals surface area contributed by atoms with Crippen LogP contribution in [0.4, 0.5) is 0 Å². The van der Waals surface area contributed by atoms with Gasteiger partial charge in [-0.1, -0.05) is 18.2 Å². The minimum Gasteiger partial charge on any atom is -0.313 e. The predicted octanol–water partition coefficient (Wildman–Crippen LogP) is 3.29. The molecule has 2 aromatic carbocycles. The number of nitrogens with zero attached hydrogens (tertiary/aromatic N) is 3.